The van der Waals surface area contributed by atoms with Crippen LogP contribution in [-0.2, 0) is 9.53 Å². The van der Waals surface area contributed by atoms with Crippen molar-refractivity contribution in [2.45, 2.75) is 39.2 Å². The number of amides is 1. The van der Waals surface area contributed by atoms with Crippen molar-refractivity contribution in [3.05, 3.63) is 0 Å². The predicted octanol–water partition coefficient (Wildman–Crippen LogP) is 0.964. The summed E-state index contributed by atoms with van der Waals surface area (Å²) in [6.45, 7) is 11.8. The molecule has 0 bridgehead atoms. The normalized spacial score (nSPS) is 31.1. The SMILES string of the molecule is CC(C)[C@]1(O)CN(C(=O)CCCN2CCOCC2)C[C@H]1C. The zero-order valence-corrected chi connectivity index (χ0v) is 13.7. The van der Waals surface area contributed by atoms with Crippen molar-refractivity contribution >= 4 is 5.91 Å². The van der Waals surface area contributed by atoms with Crippen molar-refractivity contribution in [3.63, 3.8) is 0 Å². The third kappa shape index (κ3) is 3.96. The number of rotatable bonds is 5. The van der Waals surface area contributed by atoms with E-state index in [1.807, 2.05) is 25.7 Å². The highest BCUT2D eigenvalue weighted by Gasteiger charge is 2.46. The third-order valence-electron chi connectivity index (χ3n) is 5.11. The van der Waals surface area contributed by atoms with Gasteiger partial charge < -0.3 is 14.7 Å². The lowest BCUT2D eigenvalue weighted by molar-refractivity contribution is -0.131. The summed E-state index contributed by atoms with van der Waals surface area (Å²) in [6, 6.07) is 0. The van der Waals surface area contributed by atoms with Gasteiger partial charge in [-0.05, 0) is 18.9 Å². The third-order valence-corrected chi connectivity index (χ3v) is 5.11. The van der Waals surface area contributed by atoms with E-state index < -0.39 is 5.60 Å². The average Bonchev–Trinajstić information content (AvgIpc) is 2.77. The summed E-state index contributed by atoms with van der Waals surface area (Å²) >= 11 is 0. The van der Waals surface area contributed by atoms with Crippen molar-refractivity contribution in [2.24, 2.45) is 11.8 Å². The molecule has 1 N–H and O–H groups in total. The molecule has 0 unspecified atom stereocenters. The second-order valence-corrected chi connectivity index (χ2v) is 6.88. The van der Waals surface area contributed by atoms with Crippen LogP contribution in [-0.4, -0.2) is 72.4 Å². The monoisotopic (exact) mass is 298 g/mol. The fourth-order valence-electron chi connectivity index (χ4n) is 3.39. The molecule has 0 radical (unpaired) electrons. The zero-order chi connectivity index (χ0) is 15.5. The Hall–Kier alpha value is -0.650. The van der Waals surface area contributed by atoms with Crippen molar-refractivity contribution < 1.29 is 14.6 Å². The van der Waals surface area contributed by atoms with E-state index in [-0.39, 0.29) is 17.7 Å². The van der Waals surface area contributed by atoms with E-state index in [9.17, 15) is 9.90 Å². The van der Waals surface area contributed by atoms with Gasteiger partial charge in [0.05, 0.1) is 18.8 Å². The quantitative estimate of drug-likeness (QED) is 0.821. The maximum Gasteiger partial charge on any atom is 0.222 e. The van der Waals surface area contributed by atoms with Gasteiger partial charge in [-0.2, -0.15) is 0 Å². The number of ether oxygens (including phenoxy) is 1. The van der Waals surface area contributed by atoms with Gasteiger partial charge in [0.25, 0.3) is 0 Å². The number of hydrogen-bond acceptors (Lipinski definition) is 4. The summed E-state index contributed by atoms with van der Waals surface area (Å²) in [4.78, 5) is 16.5. The fourth-order valence-corrected chi connectivity index (χ4v) is 3.39. The largest absolute Gasteiger partial charge is 0.387 e. The Morgan fingerprint density at radius 1 is 1.38 bits per heavy atom. The number of likely N-dealkylation sites (tertiary alicyclic amines) is 1. The standard InChI is InChI=1S/C16H30N2O3/c1-13(2)16(20)12-18(11-14(16)3)15(19)5-4-6-17-7-9-21-10-8-17/h13-14,20H,4-12H2,1-3H3/t14-,16-/m1/s1. The van der Waals surface area contributed by atoms with Crippen LogP contribution in [0.2, 0.25) is 0 Å². The van der Waals surface area contributed by atoms with Crippen LogP contribution in [0.15, 0.2) is 0 Å². The minimum atomic E-state index is -0.722. The summed E-state index contributed by atoms with van der Waals surface area (Å²) in [5, 5.41) is 10.7. The molecule has 5 heteroatoms. The Balaban J connectivity index is 1.74. The first-order valence-electron chi connectivity index (χ1n) is 8.23. The highest BCUT2D eigenvalue weighted by molar-refractivity contribution is 5.76. The van der Waals surface area contributed by atoms with Crippen molar-refractivity contribution in [1.29, 1.82) is 0 Å². The Morgan fingerprint density at radius 3 is 2.62 bits per heavy atom. The minimum Gasteiger partial charge on any atom is -0.387 e. The molecule has 5 nitrogen and oxygen atoms in total. The van der Waals surface area contributed by atoms with Crippen molar-refractivity contribution in [3.8, 4) is 0 Å². The Labute approximate surface area is 128 Å². The molecule has 1 amide bonds. The van der Waals surface area contributed by atoms with Crippen molar-refractivity contribution in [2.75, 3.05) is 45.9 Å². The lowest BCUT2D eigenvalue weighted by Crippen LogP contribution is -2.43. The van der Waals surface area contributed by atoms with Gasteiger partial charge in [-0.15, -0.1) is 0 Å². The van der Waals surface area contributed by atoms with E-state index in [0.717, 1.165) is 39.3 Å². The summed E-state index contributed by atoms with van der Waals surface area (Å²) in [5.41, 5.74) is -0.722. The van der Waals surface area contributed by atoms with Crippen molar-refractivity contribution in [1.82, 2.24) is 9.80 Å². The lowest BCUT2D eigenvalue weighted by atomic mass is 9.82. The number of carbonyl (C=O) groups is 1. The number of carbonyl (C=O) groups excluding carboxylic acids is 1. The number of β-amino-alcohol motifs (C(OH)–C–C–N with tert-alkyl or cyclic N) is 1. The van der Waals surface area contributed by atoms with Crippen LogP contribution in [0, 0.1) is 11.8 Å². The molecule has 21 heavy (non-hydrogen) atoms. The molecular formula is C16H30N2O3. The number of hydrogen-bond donors (Lipinski definition) is 1. The number of nitrogens with zero attached hydrogens (tertiary/aromatic N) is 2. The Kier molecular flexibility index (Phi) is 5.63. The van der Waals surface area contributed by atoms with Gasteiger partial charge in [-0.1, -0.05) is 20.8 Å². The van der Waals surface area contributed by atoms with Crippen LogP contribution in [0.3, 0.4) is 0 Å². The lowest BCUT2D eigenvalue weighted by Gasteiger charge is -2.31. The number of morpholine rings is 1. The second-order valence-electron chi connectivity index (χ2n) is 6.88. The van der Waals surface area contributed by atoms with Gasteiger partial charge in [0, 0.05) is 38.5 Å². The first kappa shape index (κ1) is 16.7. The highest BCUT2D eigenvalue weighted by atomic mass is 16.5. The molecule has 0 aromatic heterocycles. The van der Waals surface area contributed by atoms with Crippen LogP contribution >= 0.6 is 0 Å². The van der Waals surface area contributed by atoms with E-state index in [1.165, 1.54) is 0 Å². The predicted molar refractivity (Wildman–Crippen MR) is 82.0 cm³/mol. The molecule has 122 valence electrons. The van der Waals surface area contributed by atoms with Gasteiger partial charge in [0.15, 0.2) is 0 Å². The Morgan fingerprint density at radius 2 is 2.05 bits per heavy atom. The van der Waals surface area contributed by atoms with Crippen LogP contribution in [0.5, 0.6) is 0 Å². The summed E-state index contributed by atoms with van der Waals surface area (Å²) in [5.74, 6) is 0.519. The molecule has 0 saturated carbocycles. The molecule has 2 saturated heterocycles. The summed E-state index contributed by atoms with van der Waals surface area (Å²) < 4.78 is 5.32. The highest BCUT2D eigenvalue weighted by Crippen LogP contribution is 2.34. The topological polar surface area (TPSA) is 53.0 Å². The zero-order valence-electron chi connectivity index (χ0n) is 13.7. The molecule has 0 aromatic rings. The molecule has 0 spiro atoms. The molecule has 2 atom stereocenters. The maximum absolute atomic E-state index is 12.3. The van der Waals surface area contributed by atoms with E-state index in [4.69, 9.17) is 4.74 Å². The van der Waals surface area contributed by atoms with Gasteiger partial charge in [0.1, 0.15) is 0 Å². The first-order valence-corrected chi connectivity index (χ1v) is 8.23. The van der Waals surface area contributed by atoms with Crippen LogP contribution in [0.1, 0.15) is 33.6 Å². The number of aliphatic hydroxyl groups is 1. The molecular weight excluding hydrogens is 268 g/mol. The van der Waals surface area contributed by atoms with Gasteiger partial charge in [-0.25, -0.2) is 0 Å². The molecule has 0 aromatic carbocycles. The molecule has 2 rings (SSSR count). The molecule has 2 aliphatic rings. The van der Waals surface area contributed by atoms with E-state index in [1.54, 1.807) is 0 Å². The van der Waals surface area contributed by atoms with Crippen LogP contribution < -0.4 is 0 Å². The fraction of sp³-hybridized carbons (Fsp3) is 0.938. The van der Waals surface area contributed by atoms with Crippen LogP contribution in [0.25, 0.3) is 0 Å². The van der Waals surface area contributed by atoms with E-state index in [0.29, 0.717) is 19.5 Å². The average molecular weight is 298 g/mol. The maximum atomic E-state index is 12.3. The van der Waals surface area contributed by atoms with Gasteiger partial charge in [-0.3, -0.25) is 9.69 Å². The van der Waals surface area contributed by atoms with Gasteiger partial charge in [0.2, 0.25) is 5.91 Å². The smallest absolute Gasteiger partial charge is 0.222 e. The van der Waals surface area contributed by atoms with E-state index in [2.05, 4.69) is 4.90 Å². The first-order chi connectivity index (χ1) is 9.93. The minimum absolute atomic E-state index is 0.153. The molecule has 0 aliphatic carbocycles. The van der Waals surface area contributed by atoms with E-state index >= 15 is 0 Å². The Bertz CT molecular complexity index is 355. The summed E-state index contributed by atoms with van der Waals surface area (Å²) in [7, 11) is 0. The molecule has 2 heterocycles. The molecule has 2 fully saturated rings. The van der Waals surface area contributed by atoms with Gasteiger partial charge >= 0.3 is 0 Å². The molecule has 2 aliphatic heterocycles. The van der Waals surface area contributed by atoms with Crippen LogP contribution in [0.4, 0.5) is 0 Å². The second kappa shape index (κ2) is 7.07. The summed E-state index contributed by atoms with van der Waals surface area (Å²) in [6.07, 6.45) is 1.47.